The molecule has 0 aliphatic rings. The second kappa shape index (κ2) is 7.99. The van der Waals surface area contributed by atoms with Crippen LogP contribution < -0.4 is 5.56 Å². The number of rotatable bonds is 3. The average molecular weight is 466 g/mol. The van der Waals surface area contributed by atoms with E-state index in [1.807, 2.05) is 109 Å². The van der Waals surface area contributed by atoms with Crippen molar-refractivity contribution in [3.63, 3.8) is 0 Å². The van der Waals surface area contributed by atoms with Crippen molar-refractivity contribution in [3.05, 3.63) is 126 Å². The average Bonchev–Trinajstić information content (AvgIpc) is 3.33. The van der Waals surface area contributed by atoms with Crippen LogP contribution in [0.4, 0.5) is 0 Å². The van der Waals surface area contributed by atoms with E-state index in [0.717, 1.165) is 27.5 Å². The molecule has 0 saturated heterocycles. The van der Waals surface area contributed by atoms with Crippen LogP contribution in [0.1, 0.15) is 0 Å². The fraction of sp³-hybridized carbons (Fsp3) is 0. The molecule has 7 aromatic rings. The van der Waals surface area contributed by atoms with Gasteiger partial charge in [-0.15, -0.1) is 0 Å². The van der Waals surface area contributed by atoms with Crippen molar-refractivity contribution in [3.8, 4) is 28.7 Å². The molecule has 36 heavy (non-hydrogen) atoms. The highest BCUT2D eigenvalue weighted by molar-refractivity contribution is 5.93. The molecule has 6 heteroatoms. The molecular formula is C30H19N5O. The lowest BCUT2D eigenvalue weighted by molar-refractivity contribution is 0.887. The standard InChI is InChI=1S/C30H19N5O/c36-29-23-16-8-10-18-25(23)34-24-17-9-7-15-22(24)19-26(34)35(29)30-32-27(20-11-3-1-4-12-20)31-28(33-30)21-13-5-2-6-14-21/h1-19H. The minimum absolute atomic E-state index is 0.176. The van der Waals surface area contributed by atoms with Crippen LogP contribution >= 0.6 is 0 Å². The van der Waals surface area contributed by atoms with Gasteiger partial charge in [0.25, 0.3) is 5.56 Å². The summed E-state index contributed by atoms with van der Waals surface area (Å²) in [5, 5.41) is 1.62. The van der Waals surface area contributed by atoms with E-state index in [2.05, 4.69) is 10.5 Å². The van der Waals surface area contributed by atoms with Crippen molar-refractivity contribution in [2.75, 3.05) is 0 Å². The number of nitrogens with zero attached hydrogens (tertiary/aromatic N) is 5. The zero-order valence-electron chi connectivity index (χ0n) is 19.1. The molecule has 0 atom stereocenters. The molecular weight excluding hydrogens is 446 g/mol. The van der Waals surface area contributed by atoms with Gasteiger partial charge in [0.05, 0.1) is 16.4 Å². The molecule has 3 heterocycles. The summed E-state index contributed by atoms with van der Waals surface area (Å²) in [6.07, 6.45) is 0. The lowest BCUT2D eigenvalue weighted by Crippen LogP contribution is -2.23. The summed E-state index contributed by atoms with van der Waals surface area (Å²) < 4.78 is 3.70. The molecule has 0 radical (unpaired) electrons. The van der Waals surface area contributed by atoms with Crippen LogP contribution in [0.5, 0.6) is 0 Å². The van der Waals surface area contributed by atoms with Gasteiger partial charge >= 0.3 is 0 Å². The molecule has 0 N–H and O–H groups in total. The number of para-hydroxylation sites is 2. The second-order valence-electron chi connectivity index (χ2n) is 8.57. The lowest BCUT2D eigenvalue weighted by atomic mass is 10.2. The molecule has 0 spiro atoms. The van der Waals surface area contributed by atoms with Crippen molar-refractivity contribution < 1.29 is 0 Å². The number of fused-ring (bicyclic) bond motifs is 5. The Labute approximate surface area is 205 Å². The third kappa shape index (κ3) is 3.12. The monoisotopic (exact) mass is 465 g/mol. The predicted molar refractivity (Wildman–Crippen MR) is 142 cm³/mol. The normalized spacial score (nSPS) is 11.4. The first-order chi connectivity index (χ1) is 17.8. The highest BCUT2D eigenvalue weighted by Crippen LogP contribution is 2.27. The molecule has 0 aliphatic heterocycles. The van der Waals surface area contributed by atoms with E-state index < -0.39 is 0 Å². The maximum absolute atomic E-state index is 14.0. The highest BCUT2D eigenvalue weighted by atomic mass is 16.1. The number of benzene rings is 4. The Morgan fingerprint density at radius 3 is 1.78 bits per heavy atom. The molecule has 7 rings (SSSR count). The minimum Gasteiger partial charge on any atom is -0.295 e. The molecule has 0 bridgehead atoms. The zero-order chi connectivity index (χ0) is 24.1. The molecule has 4 aromatic carbocycles. The molecule has 0 unspecified atom stereocenters. The first kappa shape index (κ1) is 20.3. The van der Waals surface area contributed by atoms with E-state index >= 15 is 0 Å². The number of hydrogen-bond donors (Lipinski definition) is 0. The van der Waals surface area contributed by atoms with Crippen LogP contribution in [0.15, 0.2) is 120 Å². The van der Waals surface area contributed by atoms with E-state index in [4.69, 9.17) is 15.0 Å². The van der Waals surface area contributed by atoms with Crippen molar-refractivity contribution in [1.29, 1.82) is 0 Å². The summed E-state index contributed by atoms with van der Waals surface area (Å²) >= 11 is 0. The van der Waals surface area contributed by atoms with E-state index in [1.165, 1.54) is 0 Å². The Hall–Kier alpha value is -5.10. The van der Waals surface area contributed by atoms with E-state index in [-0.39, 0.29) is 11.5 Å². The fourth-order valence-electron chi connectivity index (χ4n) is 4.72. The Kier molecular flexibility index (Phi) is 4.50. The van der Waals surface area contributed by atoms with Crippen LogP contribution in [0.2, 0.25) is 0 Å². The maximum atomic E-state index is 14.0. The van der Waals surface area contributed by atoms with Gasteiger partial charge in [-0.05, 0) is 24.3 Å². The second-order valence-corrected chi connectivity index (χ2v) is 8.57. The van der Waals surface area contributed by atoms with Gasteiger partial charge < -0.3 is 0 Å². The van der Waals surface area contributed by atoms with Gasteiger partial charge in [0, 0.05) is 16.5 Å². The summed E-state index contributed by atoms with van der Waals surface area (Å²) in [7, 11) is 0. The van der Waals surface area contributed by atoms with Gasteiger partial charge in [-0.25, -0.2) is 9.55 Å². The van der Waals surface area contributed by atoms with Gasteiger partial charge in [-0.1, -0.05) is 91.0 Å². The number of aromatic nitrogens is 5. The molecule has 3 aromatic heterocycles. The van der Waals surface area contributed by atoms with Gasteiger partial charge in [0.1, 0.15) is 5.65 Å². The first-order valence-corrected chi connectivity index (χ1v) is 11.7. The SMILES string of the molecule is O=c1c2ccccc2n2c3ccccc3cc2n1-c1nc(-c2ccccc2)nc(-c2ccccc2)n1. The van der Waals surface area contributed by atoms with Crippen molar-refractivity contribution >= 4 is 27.5 Å². The Balaban J connectivity index is 1.63. The lowest BCUT2D eigenvalue weighted by Gasteiger charge is -2.13. The van der Waals surface area contributed by atoms with Crippen molar-refractivity contribution in [2.45, 2.75) is 0 Å². The number of hydrogen-bond acceptors (Lipinski definition) is 4. The minimum atomic E-state index is -0.176. The topological polar surface area (TPSA) is 65.1 Å². The smallest absolute Gasteiger partial charge is 0.268 e. The third-order valence-corrected chi connectivity index (χ3v) is 6.39. The molecule has 0 aliphatic carbocycles. The summed E-state index contributed by atoms with van der Waals surface area (Å²) in [5.74, 6) is 1.30. The molecule has 0 saturated carbocycles. The quantitative estimate of drug-likeness (QED) is 0.325. The van der Waals surface area contributed by atoms with Gasteiger partial charge in [0.2, 0.25) is 5.95 Å². The molecule has 6 nitrogen and oxygen atoms in total. The summed E-state index contributed by atoms with van der Waals surface area (Å²) in [5.41, 5.74) is 4.08. The van der Waals surface area contributed by atoms with Gasteiger partial charge in [0.15, 0.2) is 11.6 Å². The van der Waals surface area contributed by atoms with Crippen LogP contribution in [0.25, 0.3) is 56.2 Å². The van der Waals surface area contributed by atoms with Crippen LogP contribution in [-0.2, 0) is 0 Å². The molecule has 0 amide bonds. The molecule has 170 valence electrons. The van der Waals surface area contributed by atoms with E-state index in [1.54, 1.807) is 4.57 Å². The third-order valence-electron chi connectivity index (χ3n) is 6.39. The van der Waals surface area contributed by atoms with Crippen molar-refractivity contribution in [1.82, 2.24) is 23.9 Å². The Morgan fingerprint density at radius 2 is 1.11 bits per heavy atom. The van der Waals surface area contributed by atoms with Crippen LogP contribution in [0.3, 0.4) is 0 Å². The largest absolute Gasteiger partial charge is 0.295 e. The zero-order valence-corrected chi connectivity index (χ0v) is 19.1. The van der Waals surface area contributed by atoms with Gasteiger partial charge in [-0.2, -0.15) is 9.97 Å². The van der Waals surface area contributed by atoms with E-state index in [0.29, 0.717) is 22.7 Å². The predicted octanol–water partition coefficient (Wildman–Crippen LogP) is 5.92. The van der Waals surface area contributed by atoms with Crippen LogP contribution in [-0.4, -0.2) is 23.9 Å². The maximum Gasteiger partial charge on any atom is 0.268 e. The summed E-state index contributed by atoms with van der Waals surface area (Å²) in [6, 6.07) is 37.3. The summed E-state index contributed by atoms with van der Waals surface area (Å²) in [4.78, 5) is 28.4. The van der Waals surface area contributed by atoms with Gasteiger partial charge in [-0.3, -0.25) is 9.20 Å². The Morgan fingerprint density at radius 1 is 0.556 bits per heavy atom. The van der Waals surface area contributed by atoms with Crippen molar-refractivity contribution in [2.24, 2.45) is 0 Å². The Bertz CT molecular complexity index is 1900. The first-order valence-electron chi connectivity index (χ1n) is 11.7. The van der Waals surface area contributed by atoms with Crippen LogP contribution in [0, 0.1) is 0 Å². The van der Waals surface area contributed by atoms with E-state index in [9.17, 15) is 4.79 Å². The molecule has 0 fully saturated rings. The summed E-state index contributed by atoms with van der Waals surface area (Å²) in [6.45, 7) is 0. The highest BCUT2D eigenvalue weighted by Gasteiger charge is 2.19. The fourth-order valence-corrected chi connectivity index (χ4v) is 4.72.